The lowest BCUT2D eigenvalue weighted by Crippen LogP contribution is -1.91. The van der Waals surface area contributed by atoms with E-state index in [2.05, 4.69) is 48.5 Å². The molecule has 1 aliphatic rings. The van der Waals surface area contributed by atoms with Gasteiger partial charge in [0.05, 0.1) is 0 Å². The van der Waals surface area contributed by atoms with E-state index in [0.29, 0.717) is 5.78 Å². The second-order valence-corrected chi connectivity index (χ2v) is 5.18. The van der Waals surface area contributed by atoms with Gasteiger partial charge in [-0.15, -0.1) is 0 Å². The van der Waals surface area contributed by atoms with Crippen molar-refractivity contribution < 1.29 is 4.79 Å². The SMILES string of the molecule is O=C1CCCCCC1.c1ccc(-c2ccccc2)cc1. The second kappa shape index (κ2) is 8.31. The molecule has 0 spiro atoms. The first-order valence-electron chi connectivity index (χ1n) is 7.48. The van der Waals surface area contributed by atoms with Crippen molar-refractivity contribution in [3.63, 3.8) is 0 Å². The van der Waals surface area contributed by atoms with E-state index in [1.165, 1.54) is 24.0 Å². The monoisotopic (exact) mass is 266 g/mol. The summed E-state index contributed by atoms with van der Waals surface area (Å²) in [7, 11) is 0. The van der Waals surface area contributed by atoms with Crippen LogP contribution in [0.15, 0.2) is 60.7 Å². The number of carbonyl (C=O) groups is 1. The number of Topliss-reactive ketones (excluding diaryl/α,β-unsaturated/α-hetero) is 1. The third-order valence-corrected chi connectivity index (χ3v) is 3.54. The van der Waals surface area contributed by atoms with Crippen molar-refractivity contribution in [1.82, 2.24) is 0 Å². The molecule has 0 heterocycles. The van der Waals surface area contributed by atoms with E-state index in [1.807, 2.05) is 12.1 Å². The Morgan fingerprint density at radius 3 is 1.35 bits per heavy atom. The van der Waals surface area contributed by atoms with E-state index in [-0.39, 0.29) is 0 Å². The average molecular weight is 266 g/mol. The van der Waals surface area contributed by atoms with Gasteiger partial charge in [-0.2, -0.15) is 0 Å². The smallest absolute Gasteiger partial charge is 0.132 e. The van der Waals surface area contributed by atoms with Crippen LogP contribution in [0.25, 0.3) is 11.1 Å². The molecule has 0 N–H and O–H groups in total. The number of ketones is 1. The van der Waals surface area contributed by atoms with E-state index in [4.69, 9.17) is 0 Å². The maximum atomic E-state index is 10.7. The fourth-order valence-electron chi connectivity index (χ4n) is 2.38. The van der Waals surface area contributed by atoms with Crippen molar-refractivity contribution in [2.75, 3.05) is 0 Å². The molecule has 2 aromatic rings. The maximum absolute atomic E-state index is 10.7. The summed E-state index contributed by atoms with van der Waals surface area (Å²) in [4.78, 5) is 10.7. The predicted octanol–water partition coefficient (Wildman–Crippen LogP) is 5.26. The summed E-state index contributed by atoms with van der Waals surface area (Å²) in [6, 6.07) is 20.8. The Kier molecular flexibility index (Phi) is 6.04. The molecule has 0 atom stereocenters. The third-order valence-electron chi connectivity index (χ3n) is 3.54. The van der Waals surface area contributed by atoms with Crippen LogP contribution >= 0.6 is 0 Å². The lowest BCUT2D eigenvalue weighted by atomic mass is 10.1. The number of carbonyl (C=O) groups excluding carboxylic acids is 1. The van der Waals surface area contributed by atoms with Crippen LogP contribution in [0.4, 0.5) is 0 Å². The van der Waals surface area contributed by atoms with Crippen molar-refractivity contribution in [1.29, 1.82) is 0 Å². The molecule has 2 aromatic carbocycles. The lowest BCUT2D eigenvalue weighted by Gasteiger charge is -1.98. The summed E-state index contributed by atoms with van der Waals surface area (Å²) in [6.07, 6.45) is 6.51. The summed E-state index contributed by atoms with van der Waals surface area (Å²) in [5.41, 5.74) is 2.55. The largest absolute Gasteiger partial charge is 0.300 e. The zero-order chi connectivity index (χ0) is 14.0. The molecule has 0 aromatic heterocycles. The van der Waals surface area contributed by atoms with Crippen molar-refractivity contribution in [3.8, 4) is 11.1 Å². The minimum absolute atomic E-state index is 0.475. The van der Waals surface area contributed by atoms with Crippen molar-refractivity contribution in [3.05, 3.63) is 60.7 Å². The molecule has 20 heavy (non-hydrogen) atoms. The van der Waals surface area contributed by atoms with Gasteiger partial charge >= 0.3 is 0 Å². The van der Waals surface area contributed by atoms with E-state index < -0.39 is 0 Å². The Morgan fingerprint density at radius 1 is 0.550 bits per heavy atom. The highest BCUT2D eigenvalue weighted by Gasteiger charge is 2.05. The zero-order valence-corrected chi connectivity index (χ0v) is 11.9. The molecule has 0 aliphatic heterocycles. The van der Waals surface area contributed by atoms with Crippen LogP contribution in [-0.4, -0.2) is 5.78 Å². The van der Waals surface area contributed by atoms with Crippen LogP contribution in [0.3, 0.4) is 0 Å². The van der Waals surface area contributed by atoms with Crippen LogP contribution in [0.2, 0.25) is 0 Å². The topological polar surface area (TPSA) is 17.1 Å². The molecule has 0 amide bonds. The molecule has 1 heteroatoms. The molecule has 104 valence electrons. The molecule has 0 radical (unpaired) electrons. The van der Waals surface area contributed by atoms with Crippen molar-refractivity contribution in [2.24, 2.45) is 0 Å². The maximum Gasteiger partial charge on any atom is 0.132 e. The quantitative estimate of drug-likeness (QED) is 0.643. The van der Waals surface area contributed by atoms with Gasteiger partial charge < -0.3 is 0 Å². The van der Waals surface area contributed by atoms with E-state index in [0.717, 1.165) is 25.7 Å². The first-order chi connectivity index (χ1) is 9.86. The molecule has 0 bridgehead atoms. The fraction of sp³-hybridized carbons (Fsp3) is 0.316. The molecule has 1 saturated carbocycles. The highest BCUT2D eigenvalue weighted by atomic mass is 16.1. The van der Waals surface area contributed by atoms with Crippen molar-refractivity contribution >= 4 is 5.78 Å². The van der Waals surface area contributed by atoms with E-state index >= 15 is 0 Å². The minimum Gasteiger partial charge on any atom is -0.300 e. The van der Waals surface area contributed by atoms with Gasteiger partial charge in [0.25, 0.3) is 0 Å². The molecular formula is C19H22O. The Labute approximate surface area is 121 Å². The first-order valence-corrected chi connectivity index (χ1v) is 7.48. The van der Waals surface area contributed by atoms with Crippen LogP contribution in [0.5, 0.6) is 0 Å². The Balaban J connectivity index is 0.000000160. The number of hydrogen-bond acceptors (Lipinski definition) is 1. The van der Waals surface area contributed by atoms with Crippen LogP contribution < -0.4 is 0 Å². The van der Waals surface area contributed by atoms with Crippen LogP contribution in [0.1, 0.15) is 38.5 Å². The van der Waals surface area contributed by atoms with Crippen LogP contribution in [-0.2, 0) is 4.79 Å². The van der Waals surface area contributed by atoms with Gasteiger partial charge in [0.1, 0.15) is 5.78 Å². The predicted molar refractivity (Wildman–Crippen MR) is 84.6 cm³/mol. The van der Waals surface area contributed by atoms with E-state index in [1.54, 1.807) is 0 Å². The second-order valence-electron chi connectivity index (χ2n) is 5.18. The summed E-state index contributed by atoms with van der Waals surface area (Å²) in [5, 5.41) is 0. The van der Waals surface area contributed by atoms with Crippen LogP contribution in [0, 0.1) is 0 Å². The van der Waals surface area contributed by atoms with Gasteiger partial charge in [-0.1, -0.05) is 73.5 Å². The minimum atomic E-state index is 0.475. The van der Waals surface area contributed by atoms with E-state index in [9.17, 15) is 4.79 Å². The van der Waals surface area contributed by atoms with Gasteiger partial charge in [0.15, 0.2) is 0 Å². The Morgan fingerprint density at radius 2 is 0.950 bits per heavy atom. The molecule has 1 fully saturated rings. The fourth-order valence-corrected chi connectivity index (χ4v) is 2.38. The molecule has 3 rings (SSSR count). The molecule has 1 aliphatic carbocycles. The van der Waals surface area contributed by atoms with Gasteiger partial charge in [-0.05, 0) is 24.0 Å². The summed E-state index contributed by atoms with van der Waals surface area (Å²) >= 11 is 0. The molecule has 0 saturated heterocycles. The summed E-state index contributed by atoms with van der Waals surface area (Å²) < 4.78 is 0. The number of benzene rings is 2. The highest BCUT2D eigenvalue weighted by molar-refractivity contribution is 5.78. The number of hydrogen-bond donors (Lipinski definition) is 0. The van der Waals surface area contributed by atoms with Gasteiger partial charge in [-0.3, -0.25) is 4.79 Å². The zero-order valence-electron chi connectivity index (χ0n) is 11.9. The Bertz CT molecular complexity index is 454. The highest BCUT2D eigenvalue weighted by Crippen LogP contribution is 2.17. The normalized spacial score (nSPS) is 14.9. The van der Waals surface area contributed by atoms with Crippen molar-refractivity contribution in [2.45, 2.75) is 38.5 Å². The Hall–Kier alpha value is -1.89. The average Bonchev–Trinajstić information content (AvgIpc) is 2.77. The summed E-state index contributed by atoms with van der Waals surface area (Å²) in [5.74, 6) is 0.475. The number of rotatable bonds is 1. The lowest BCUT2D eigenvalue weighted by molar-refractivity contribution is -0.118. The van der Waals surface area contributed by atoms with Gasteiger partial charge in [0, 0.05) is 12.8 Å². The first kappa shape index (κ1) is 14.5. The summed E-state index contributed by atoms with van der Waals surface area (Å²) in [6.45, 7) is 0. The third kappa shape index (κ3) is 5.00. The van der Waals surface area contributed by atoms with Gasteiger partial charge in [0.2, 0.25) is 0 Å². The molecule has 0 unspecified atom stereocenters. The standard InChI is InChI=1S/C12H10.C7H12O/c1-3-7-11(8-4-1)12-9-5-2-6-10-12;8-7-5-3-1-2-4-6-7/h1-10H;1-6H2. The molecular weight excluding hydrogens is 244 g/mol. The molecule has 1 nitrogen and oxygen atoms in total. The van der Waals surface area contributed by atoms with Gasteiger partial charge in [-0.25, -0.2) is 0 Å².